The molecule has 0 amide bonds. The van der Waals surface area contributed by atoms with Crippen molar-refractivity contribution in [3.63, 3.8) is 0 Å². The van der Waals surface area contributed by atoms with Crippen LogP contribution in [0, 0.1) is 5.82 Å². The summed E-state index contributed by atoms with van der Waals surface area (Å²) in [5, 5.41) is 6.41. The first-order valence-corrected chi connectivity index (χ1v) is 8.14. The molecule has 6 heteroatoms. The number of para-hydroxylation sites is 1. The van der Waals surface area contributed by atoms with Crippen molar-refractivity contribution in [2.24, 2.45) is 4.99 Å². The van der Waals surface area contributed by atoms with Crippen LogP contribution in [-0.4, -0.2) is 31.7 Å². The molecule has 1 unspecified atom stereocenters. The van der Waals surface area contributed by atoms with E-state index in [4.69, 9.17) is 9.15 Å². The number of rotatable bonds is 8. The Morgan fingerprint density at radius 1 is 1.25 bits per heavy atom. The number of halogens is 1. The van der Waals surface area contributed by atoms with Crippen molar-refractivity contribution in [1.29, 1.82) is 0 Å². The zero-order valence-electron chi connectivity index (χ0n) is 14.1. The van der Waals surface area contributed by atoms with Crippen molar-refractivity contribution in [1.82, 2.24) is 10.6 Å². The van der Waals surface area contributed by atoms with Gasteiger partial charge in [-0.15, -0.1) is 0 Å². The molecule has 2 aromatic rings. The van der Waals surface area contributed by atoms with Gasteiger partial charge in [0.2, 0.25) is 0 Å². The molecule has 1 heterocycles. The molecule has 1 atom stereocenters. The van der Waals surface area contributed by atoms with E-state index in [1.54, 1.807) is 24.5 Å². The molecule has 130 valence electrons. The Bertz CT molecular complexity index is 629. The van der Waals surface area contributed by atoms with Crippen LogP contribution in [0.25, 0.3) is 0 Å². The summed E-state index contributed by atoms with van der Waals surface area (Å²) in [7, 11) is 0. The summed E-state index contributed by atoms with van der Waals surface area (Å²) in [6.07, 6.45) is 2.21. The first-order valence-electron chi connectivity index (χ1n) is 8.14. The van der Waals surface area contributed by atoms with Crippen LogP contribution in [0.5, 0.6) is 5.75 Å². The van der Waals surface area contributed by atoms with Gasteiger partial charge in [-0.25, -0.2) is 9.38 Å². The fourth-order valence-corrected chi connectivity index (χ4v) is 2.11. The van der Waals surface area contributed by atoms with Crippen LogP contribution in [-0.2, 0) is 6.42 Å². The van der Waals surface area contributed by atoms with E-state index in [2.05, 4.69) is 15.6 Å². The first-order chi connectivity index (χ1) is 11.7. The van der Waals surface area contributed by atoms with Crippen molar-refractivity contribution < 1.29 is 13.5 Å². The number of nitrogens with zero attached hydrogens (tertiary/aromatic N) is 1. The third-order valence-corrected chi connectivity index (χ3v) is 3.26. The number of benzene rings is 1. The highest BCUT2D eigenvalue weighted by atomic mass is 19.1. The summed E-state index contributed by atoms with van der Waals surface area (Å²) in [5.41, 5.74) is 0. The van der Waals surface area contributed by atoms with Crippen molar-refractivity contribution >= 4 is 5.96 Å². The Labute approximate surface area is 141 Å². The minimum absolute atomic E-state index is 0.234. The summed E-state index contributed by atoms with van der Waals surface area (Å²) in [6.45, 7) is 5.76. The summed E-state index contributed by atoms with van der Waals surface area (Å²) in [5.74, 6) is 1.51. The summed E-state index contributed by atoms with van der Waals surface area (Å²) in [6, 6.07) is 10.2. The van der Waals surface area contributed by atoms with E-state index in [9.17, 15) is 4.39 Å². The van der Waals surface area contributed by atoms with Gasteiger partial charge in [0.1, 0.15) is 11.9 Å². The number of guanidine groups is 1. The maximum atomic E-state index is 13.6. The van der Waals surface area contributed by atoms with Gasteiger partial charge in [-0.2, -0.15) is 0 Å². The molecular formula is C18H24FN3O2. The number of furan rings is 1. The van der Waals surface area contributed by atoms with Gasteiger partial charge in [-0.3, -0.25) is 0 Å². The monoisotopic (exact) mass is 333 g/mol. The fraction of sp³-hybridized carbons (Fsp3) is 0.389. The number of nitrogens with one attached hydrogen (secondary N) is 2. The standard InChI is InChI=1S/C18H24FN3O2/c1-3-20-18(21-11-10-15-7-6-12-23-15)22-13-14(2)24-17-9-5-4-8-16(17)19/h4-9,12,14H,3,10-11,13H2,1-2H3,(H2,20,21,22). The molecule has 0 aliphatic carbocycles. The molecular weight excluding hydrogens is 309 g/mol. The molecule has 0 saturated carbocycles. The lowest BCUT2D eigenvalue weighted by Crippen LogP contribution is -2.39. The molecule has 0 spiro atoms. The van der Waals surface area contributed by atoms with E-state index in [0.29, 0.717) is 19.0 Å². The molecule has 0 fully saturated rings. The van der Waals surface area contributed by atoms with Gasteiger partial charge >= 0.3 is 0 Å². The van der Waals surface area contributed by atoms with Crippen LogP contribution in [0.15, 0.2) is 52.1 Å². The second-order valence-electron chi connectivity index (χ2n) is 5.33. The van der Waals surface area contributed by atoms with E-state index in [1.165, 1.54) is 6.07 Å². The van der Waals surface area contributed by atoms with Gasteiger partial charge in [-0.05, 0) is 38.1 Å². The highest BCUT2D eigenvalue weighted by Crippen LogP contribution is 2.16. The third-order valence-electron chi connectivity index (χ3n) is 3.26. The van der Waals surface area contributed by atoms with E-state index >= 15 is 0 Å². The Balaban J connectivity index is 1.81. The average molecular weight is 333 g/mol. The summed E-state index contributed by atoms with van der Waals surface area (Å²) < 4.78 is 24.5. The molecule has 0 radical (unpaired) electrons. The third kappa shape index (κ3) is 5.95. The van der Waals surface area contributed by atoms with Gasteiger partial charge in [0, 0.05) is 19.5 Å². The molecule has 2 N–H and O–H groups in total. The fourth-order valence-electron chi connectivity index (χ4n) is 2.11. The number of hydrogen-bond donors (Lipinski definition) is 2. The molecule has 2 rings (SSSR count). The normalized spacial score (nSPS) is 12.7. The molecule has 1 aromatic heterocycles. The van der Waals surface area contributed by atoms with Crippen LogP contribution in [0.2, 0.25) is 0 Å². The van der Waals surface area contributed by atoms with Gasteiger partial charge < -0.3 is 19.8 Å². The smallest absolute Gasteiger partial charge is 0.191 e. The topological polar surface area (TPSA) is 58.8 Å². The predicted molar refractivity (Wildman–Crippen MR) is 92.9 cm³/mol. The van der Waals surface area contributed by atoms with Crippen molar-refractivity contribution in [2.75, 3.05) is 19.6 Å². The van der Waals surface area contributed by atoms with Gasteiger partial charge in [0.25, 0.3) is 0 Å². The van der Waals surface area contributed by atoms with Crippen molar-refractivity contribution in [3.05, 3.63) is 54.2 Å². The quantitative estimate of drug-likeness (QED) is 0.576. The molecule has 1 aromatic carbocycles. The number of ether oxygens (including phenoxy) is 1. The maximum absolute atomic E-state index is 13.6. The maximum Gasteiger partial charge on any atom is 0.191 e. The van der Waals surface area contributed by atoms with Crippen molar-refractivity contribution in [2.45, 2.75) is 26.4 Å². The zero-order valence-corrected chi connectivity index (χ0v) is 14.1. The van der Waals surface area contributed by atoms with E-state index < -0.39 is 0 Å². The number of aliphatic imine (C=N–C) groups is 1. The molecule has 5 nitrogen and oxygen atoms in total. The Morgan fingerprint density at radius 2 is 2.08 bits per heavy atom. The Morgan fingerprint density at radius 3 is 2.79 bits per heavy atom. The minimum atomic E-state index is -0.364. The first kappa shape index (κ1) is 17.8. The number of hydrogen-bond acceptors (Lipinski definition) is 3. The van der Waals surface area contributed by atoms with Crippen LogP contribution in [0.4, 0.5) is 4.39 Å². The van der Waals surface area contributed by atoms with E-state index in [0.717, 1.165) is 18.7 Å². The van der Waals surface area contributed by atoms with Gasteiger partial charge in [0.05, 0.1) is 12.8 Å². The summed E-state index contributed by atoms with van der Waals surface area (Å²) >= 11 is 0. The van der Waals surface area contributed by atoms with Crippen LogP contribution >= 0.6 is 0 Å². The molecule has 0 aliphatic rings. The van der Waals surface area contributed by atoms with E-state index in [1.807, 2.05) is 26.0 Å². The summed E-state index contributed by atoms with van der Waals surface area (Å²) in [4.78, 5) is 4.47. The zero-order chi connectivity index (χ0) is 17.2. The minimum Gasteiger partial charge on any atom is -0.486 e. The lowest BCUT2D eigenvalue weighted by molar-refractivity contribution is 0.220. The molecule has 0 aliphatic heterocycles. The highest BCUT2D eigenvalue weighted by Gasteiger charge is 2.08. The Kier molecular flexibility index (Phi) is 7.14. The van der Waals surface area contributed by atoms with Gasteiger partial charge in [0.15, 0.2) is 17.5 Å². The molecule has 24 heavy (non-hydrogen) atoms. The van der Waals surface area contributed by atoms with Crippen LogP contribution in [0.3, 0.4) is 0 Å². The lowest BCUT2D eigenvalue weighted by Gasteiger charge is -2.15. The SMILES string of the molecule is CCNC(=NCC(C)Oc1ccccc1F)NCCc1ccco1. The van der Waals surface area contributed by atoms with Crippen LogP contribution in [0.1, 0.15) is 19.6 Å². The molecule has 0 bridgehead atoms. The van der Waals surface area contributed by atoms with Crippen molar-refractivity contribution in [3.8, 4) is 5.75 Å². The second-order valence-corrected chi connectivity index (χ2v) is 5.33. The largest absolute Gasteiger partial charge is 0.486 e. The predicted octanol–water partition coefficient (Wildman–Crippen LogP) is 2.98. The van der Waals surface area contributed by atoms with Crippen LogP contribution < -0.4 is 15.4 Å². The second kappa shape index (κ2) is 9.60. The highest BCUT2D eigenvalue weighted by molar-refractivity contribution is 5.79. The average Bonchev–Trinajstić information content (AvgIpc) is 3.08. The lowest BCUT2D eigenvalue weighted by atomic mass is 10.3. The van der Waals surface area contributed by atoms with E-state index in [-0.39, 0.29) is 17.7 Å². The van der Waals surface area contributed by atoms with Gasteiger partial charge in [-0.1, -0.05) is 12.1 Å². The molecule has 0 saturated heterocycles. The Hall–Kier alpha value is -2.50.